The Morgan fingerprint density at radius 1 is 0.450 bits per heavy atom. The fraction of sp³-hybridized carbons (Fsp3) is 0.900. The maximum Gasteiger partial charge on any atom is -0.0166 e. The molecule has 0 aromatic rings. The van der Waals surface area contributed by atoms with Crippen LogP contribution < -0.4 is 0 Å². The smallest absolute Gasteiger partial charge is 0.0166 e. The first kappa shape index (κ1) is 11.3. The summed E-state index contributed by atoms with van der Waals surface area (Å²) in [7, 11) is 0. The predicted molar refractivity (Wildman–Crippen MR) is 81.1 cm³/mol. The van der Waals surface area contributed by atoms with Crippen molar-refractivity contribution in [1.29, 1.82) is 0 Å². The van der Waals surface area contributed by atoms with Crippen molar-refractivity contribution in [2.75, 3.05) is 0 Å². The summed E-state index contributed by atoms with van der Waals surface area (Å²) >= 11 is 0. The highest BCUT2D eigenvalue weighted by molar-refractivity contribution is 5.33. The molecule has 0 nitrogen and oxygen atoms in total. The van der Waals surface area contributed by atoms with E-state index in [1.165, 1.54) is 0 Å². The van der Waals surface area contributed by atoms with Crippen LogP contribution in [-0.2, 0) is 0 Å². The Labute approximate surface area is 123 Å². The number of hydrogen-bond acceptors (Lipinski definition) is 0. The third-order valence-corrected chi connectivity index (χ3v) is 8.89. The lowest BCUT2D eigenvalue weighted by molar-refractivity contribution is 0.359. The topological polar surface area (TPSA) is 0 Å². The molecule has 108 valence electrons. The van der Waals surface area contributed by atoms with Crippen molar-refractivity contribution in [3.63, 3.8) is 0 Å². The van der Waals surface area contributed by atoms with Crippen LogP contribution >= 0.6 is 0 Å². The molecule has 0 radical (unpaired) electrons. The molecule has 0 bridgehead atoms. The van der Waals surface area contributed by atoms with Crippen molar-refractivity contribution >= 4 is 0 Å². The molecule has 0 amide bonds. The highest BCUT2D eigenvalue weighted by Gasteiger charge is 2.56. The predicted octanol–water partition coefficient (Wildman–Crippen LogP) is 5.20. The summed E-state index contributed by atoms with van der Waals surface area (Å²) in [5, 5.41) is 0. The molecule has 0 saturated heterocycles. The molecule has 6 aliphatic carbocycles. The van der Waals surface area contributed by atoms with Crippen molar-refractivity contribution in [2.45, 2.75) is 64.2 Å². The number of rotatable bonds is 0. The van der Waals surface area contributed by atoms with Crippen molar-refractivity contribution < 1.29 is 0 Å². The number of hydrogen-bond donors (Lipinski definition) is 0. The summed E-state index contributed by atoms with van der Waals surface area (Å²) in [5.41, 5.74) is 4.14. The van der Waals surface area contributed by atoms with E-state index in [-0.39, 0.29) is 0 Å². The second-order valence-corrected chi connectivity index (χ2v) is 9.18. The summed E-state index contributed by atoms with van der Waals surface area (Å²) in [6, 6.07) is 0. The second-order valence-electron chi connectivity index (χ2n) is 9.18. The average molecular weight is 268 g/mol. The van der Waals surface area contributed by atoms with Crippen LogP contribution in [0.4, 0.5) is 0 Å². The van der Waals surface area contributed by atoms with Crippen LogP contribution in [0.2, 0.25) is 0 Å². The summed E-state index contributed by atoms with van der Waals surface area (Å²) in [5.74, 6) is 9.06. The van der Waals surface area contributed by atoms with E-state index in [2.05, 4.69) is 11.1 Å². The zero-order valence-corrected chi connectivity index (χ0v) is 12.7. The van der Waals surface area contributed by atoms with E-state index in [0.29, 0.717) is 0 Å². The minimum atomic E-state index is 1.08. The van der Waals surface area contributed by atoms with E-state index >= 15 is 0 Å². The van der Waals surface area contributed by atoms with Gasteiger partial charge in [-0.1, -0.05) is 11.1 Å². The molecule has 0 N–H and O–H groups in total. The van der Waals surface area contributed by atoms with E-state index in [0.717, 1.165) is 47.3 Å². The quantitative estimate of drug-likeness (QED) is 0.530. The van der Waals surface area contributed by atoms with Crippen LogP contribution in [-0.4, -0.2) is 0 Å². The fourth-order valence-electron chi connectivity index (χ4n) is 8.45. The van der Waals surface area contributed by atoms with E-state index in [1.54, 1.807) is 64.2 Å². The molecule has 6 saturated carbocycles. The third-order valence-electron chi connectivity index (χ3n) is 8.89. The molecule has 0 unspecified atom stereocenters. The SMILES string of the molecule is C1C[C@@H]2C/C(=C3/C[C@H]4CC[C@H]5CC[C@H]3[C@H]54)[C@H]3CC[C@H]1[C@H]23. The molecule has 0 heteroatoms. The van der Waals surface area contributed by atoms with Gasteiger partial charge in [-0.25, -0.2) is 0 Å². The van der Waals surface area contributed by atoms with Gasteiger partial charge in [0.15, 0.2) is 0 Å². The molecule has 0 aromatic carbocycles. The van der Waals surface area contributed by atoms with Gasteiger partial charge in [0.05, 0.1) is 0 Å². The monoisotopic (exact) mass is 268 g/mol. The maximum atomic E-state index is 2.07. The van der Waals surface area contributed by atoms with Gasteiger partial charge in [-0.2, -0.15) is 0 Å². The van der Waals surface area contributed by atoms with Gasteiger partial charge in [-0.15, -0.1) is 0 Å². The highest BCUT2D eigenvalue weighted by Crippen LogP contribution is 2.66. The number of allylic oxidation sites excluding steroid dienone is 2. The van der Waals surface area contributed by atoms with Gasteiger partial charge in [0.1, 0.15) is 0 Å². The zero-order chi connectivity index (χ0) is 12.8. The van der Waals surface area contributed by atoms with Crippen LogP contribution in [0.5, 0.6) is 0 Å². The zero-order valence-electron chi connectivity index (χ0n) is 12.7. The Kier molecular flexibility index (Phi) is 2.11. The summed E-state index contributed by atoms with van der Waals surface area (Å²) < 4.78 is 0. The molecule has 8 atom stereocenters. The first-order valence-electron chi connectivity index (χ1n) is 9.62. The minimum absolute atomic E-state index is 1.08. The van der Waals surface area contributed by atoms with Crippen molar-refractivity contribution in [3.8, 4) is 0 Å². The molecule has 6 fully saturated rings. The lowest BCUT2D eigenvalue weighted by Crippen LogP contribution is -2.11. The average Bonchev–Trinajstić information content (AvgIpc) is 3.18. The van der Waals surface area contributed by atoms with Gasteiger partial charge < -0.3 is 0 Å². The van der Waals surface area contributed by atoms with E-state index in [4.69, 9.17) is 0 Å². The lowest BCUT2D eigenvalue weighted by atomic mass is 9.86. The highest BCUT2D eigenvalue weighted by atomic mass is 14.6. The van der Waals surface area contributed by atoms with Gasteiger partial charge in [-0.05, 0) is 112 Å². The molecule has 0 aromatic heterocycles. The maximum absolute atomic E-state index is 2.07. The first-order valence-corrected chi connectivity index (χ1v) is 9.62. The van der Waals surface area contributed by atoms with Crippen LogP contribution in [0.15, 0.2) is 11.1 Å². The van der Waals surface area contributed by atoms with Gasteiger partial charge in [-0.3, -0.25) is 0 Å². The molecule has 0 heterocycles. The van der Waals surface area contributed by atoms with Gasteiger partial charge in [0, 0.05) is 0 Å². The Morgan fingerprint density at radius 2 is 0.850 bits per heavy atom. The normalized spacial score (nSPS) is 62.4. The van der Waals surface area contributed by atoms with Crippen LogP contribution in [0.3, 0.4) is 0 Å². The second kappa shape index (κ2) is 3.73. The molecular formula is C20H28. The Morgan fingerprint density at radius 3 is 1.35 bits per heavy atom. The van der Waals surface area contributed by atoms with Crippen molar-refractivity contribution in [3.05, 3.63) is 11.1 Å². The molecular weight excluding hydrogens is 240 g/mol. The largest absolute Gasteiger partial charge is 0.0670 e. The Balaban J connectivity index is 1.42. The molecule has 0 aliphatic heterocycles. The van der Waals surface area contributed by atoms with Gasteiger partial charge in [0.2, 0.25) is 0 Å². The molecule has 6 rings (SSSR count). The van der Waals surface area contributed by atoms with Crippen LogP contribution in [0, 0.1) is 47.3 Å². The van der Waals surface area contributed by atoms with E-state index in [9.17, 15) is 0 Å². The van der Waals surface area contributed by atoms with Crippen LogP contribution in [0.1, 0.15) is 64.2 Å². The molecule has 0 spiro atoms. The summed E-state index contributed by atoms with van der Waals surface area (Å²) in [6.45, 7) is 0. The Hall–Kier alpha value is -0.260. The minimum Gasteiger partial charge on any atom is -0.0670 e. The molecule has 20 heavy (non-hydrogen) atoms. The summed E-state index contributed by atoms with van der Waals surface area (Å²) in [6.07, 6.45) is 15.8. The molecule has 6 aliphatic rings. The van der Waals surface area contributed by atoms with Crippen molar-refractivity contribution in [2.24, 2.45) is 47.3 Å². The lowest BCUT2D eigenvalue weighted by Gasteiger charge is -2.19. The standard InChI is InChI=1S/C20H28/c1-3-13-9-17(15-7-5-11(1)19(13)15)18-10-14-4-2-12-6-8-16(18)20(12)14/h11-16,19-20H,1-10H2/b18-17+/t11-,12-,13+,14+,15+,16+,19+,20+/m0/s1. The Bertz CT molecular complexity index is 442. The van der Waals surface area contributed by atoms with E-state index in [1.807, 2.05) is 0 Å². The van der Waals surface area contributed by atoms with E-state index < -0.39 is 0 Å². The first-order chi connectivity index (χ1) is 9.90. The van der Waals surface area contributed by atoms with Crippen molar-refractivity contribution in [1.82, 2.24) is 0 Å². The summed E-state index contributed by atoms with van der Waals surface area (Å²) in [4.78, 5) is 0. The van der Waals surface area contributed by atoms with Gasteiger partial charge >= 0.3 is 0 Å². The van der Waals surface area contributed by atoms with Crippen LogP contribution in [0.25, 0.3) is 0 Å². The van der Waals surface area contributed by atoms with Gasteiger partial charge in [0.25, 0.3) is 0 Å². The fourth-order valence-corrected chi connectivity index (χ4v) is 8.45. The third kappa shape index (κ3) is 1.22.